The third kappa shape index (κ3) is 4.44. The number of carboxylic acid groups (broad SMARTS) is 1. The van der Waals surface area contributed by atoms with E-state index < -0.39 is 11.5 Å². The van der Waals surface area contributed by atoms with Crippen LogP contribution in [0.3, 0.4) is 0 Å². The number of amides is 1. The van der Waals surface area contributed by atoms with Gasteiger partial charge in [-0.15, -0.1) is 0 Å². The summed E-state index contributed by atoms with van der Waals surface area (Å²) in [7, 11) is 0. The third-order valence-electron chi connectivity index (χ3n) is 3.49. The molecule has 0 aliphatic heterocycles. The lowest BCUT2D eigenvalue weighted by atomic mass is 10.0. The van der Waals surface area contributed by atoms with Gasteiger partial charge in [0.25, 0.3) is 0 Å². The van der Waals surface area contributed by atoms with Crippen molar-refractivity contribution in [2.45, 2.75) is 33.2 Å². The number of nitrogens with zero attached hydrogens (tertiary/aromatic N) is 1. The molecule has 0 unspecified atom stereocenters. The fourth-order valence-corrected chi connectivity index (χ4v) is 2.20. The highest BCUT2D eigenvalue weighted by atomic mass is 35.5. The van der Waals surface area contributed by atoms with Crippen LogP contribution in [0.1, 0.15) is 26.3 Å². The Hall–Kier alpha value is -1.59. The lowest BCUT2D eigenvalue weighted by Gasteiger charge is -2.33. The fraction of sp³-hybridized carbons (Fsp3) is 0.467. The van der Waals surface area contributed by atoms with Crippen LogP contribution in [0.25, 0.3) is 0 Å². The van der Waals surface area contributed by atoms with Gasteiger partial charge in [-0.3, -0.25) is 14.5 Å². The highest BCUT2D eigenvalue weighted by Gasteiger charge is 2.34. The van der Waals surface area contributed by atoms with E-state index in [9.17, 15) is 14.7 Å². The zero-order valence-electron chi connectivity index (χ0n) is 12.7. The molecule has 1 aromatic rings. The number of carbonyl (C=O) groups excluding carboxylic acids is 1. The maximum Gasteiger partial charge on any atom is 0.323 e. The van der Waals surface area contributed by atoms with E-state index in [1.54, 1.807) is 36.9 Å². The molecule has 0 aliphatic rings. The summed E-state index contributed by atoms with van der Waals surface area (Å²) in [5.41, 5.74) is 0.436. The fourth-order valence-electron chi connectivity index (χ4n) is 1.97. The first-order valence-electron chi connectivity index (χ1n) is 6.73. The van der Waals surface area contributed by atoms with Crippen molar-refractivity contribution in [2.75, 3.05) is 18.4 Å². The number of aryl methyl sites for hydroxylation is 1. The molecule has 0 spiro atoms. The van der Waals surface area contributed by atoms with Crippen LogP contribution in [0.4, 0.5) is 5.69 Å². The second-order valence-corrected chi connectivity index (χ2v) is 5.82. The molecular formula is C15H21ClN2O3. The monoisotopic (exact) mass is 312 g/mol. The highest BCUT2D eigenvalue weighted by molar-refractivity contribution is 6.30. The largest absolute Gasteiger partial charge is 0.480 e. The van der Waals surface area contributed by atoms with E-state index >= 15 is 0 Å². The average Bonchev–Trinajstić information content (AvgIpc) is 2.38. The standard InChI is InChI=1S/C15H21ClN2O3/c1-5-18(15(3,4)14(20)21)9-13(19)17-12-7-6-11(16)8-10(12)2/h6-8H,5,9H2,1-4H3,(H,17,19)(H,20,21). The third-order valence-corrected chi connectivity index (χ3v) is 3.73. The van der Waals surface area contributed by atoms with Crippen molar-refractivity contribution in [3.8, 4) is 0 Å². The molecule has 1 amide bonds. The summed E-state index contributed by atoms with van der Waals surface area (Å²) >= 11 is 5.87. The number of nitrogens with one attached hydrogen (secondary N) is 1. The number of hydrogen-bond acceptors (Lipinski definition) is 3. The van der Waals surface area contributed by atoms with Crippen LogP contribution in [0.15, 0.2) is 18.2 Å². The number of aliphatic carboxylic acids is 1. The smallest absolute Gasteiger partial charge is 0.323 e. The summed E-state index contributed by atoms with van der Waals surface area (Å²) in [5, 5.41) is 12.6. The molecule has 0 saturated carbocycles. The van der Waals surface area contributed by atoms with Crippen LogP contribution in [-0.4, -0.2) is 40.5 Å². The number of carboxylic acids is 1. The molecule has 0 saturated heterocycles. The van der Waals surface area contributed by atoms with Gasteiger partial charge in [0.2, 0.25) is 5.91 Å². The average molecular weight is 313 g/mol. The summed E-state index contributed by atoms with van der Waals surface area (Å²) in [4.78, 5) is 25.0. The van der Waals surface area contributed by atoms with E-state index in [1.807, 2.05) is 13.8 Å². The summed E-state index contributed by atoms with van der Waals surface area (Å²) in [5.74, 6) is -1.21. The first kappa shape index (κ1) is 17.5. The number of halogens is 1. The Morgan fingerprint density at radius 3 is 2.48 bits per heavy atom. The number of likely N-dealkylation sites (N-methyl/N-ethyl adjacent to an activating group) is 1. The van der Waals surface area contributed by atoms with Gasteiger partial charge in [-0.2, -0.15) is 0 Å². The second-order valence-electron chi connectivity index (χ2n) is 5.39. The Bertz CT molecular complexity index is 544. The minimum absolute atomic E-state index is 0.0118. The molecular weight excluding hydrogens is 292 g/mol. The van der Waals surface area contributed by atoms with E-state index in [0.29, 0.717) is 17.3 Å². The van der Waals surface area contributed by atoms with Gasteiger partial charge in [-0.25, -0.2) is 0 Å². The van der Waals surface area contributed by atoms with Gasteiger partial charge in [0.1, 0.15) is 5.54 Å². The second kappa shape index (κ2) is 6.91. The molecule has 0 bridgehead atoms. The molecule has 0 fully saturated rings. The number of hydrogen-bond donors (Lipinski definition) is 2. The summed E-state index contributed by atoms with van der Waals surface area (Å²) in [6.45, 7) is 7.31. The van der Waals surface area contributed by atoms with Gasteiger partial charge in [0.05, 0.1) is 6.54 Å². The van der Waals surface area contributed by atoms with Crippen molar-refractivity contribution in [3.05, 3.63) is 28.8 Å². The number of carbonyl (C=O) groups is 2. The quantitative estimate of drug-likeness (QED) is 0.847. The molecule has 5 nitrogen and oxygen atoms in total. The maximum atomic E-state index is 12.1. The van der Waals surface area contributed by atoms with Crippen molar-refractivity contribution in [1.29, 1.82) is 0 Å². The first-order chi connectivity index (χ1) is 9.68. The van der Waals surface area contributed by atoms with E-state index in [1.165, 1.54) is 0 Å². The zero-order chi connectivity index (χ0) is 16.2. The molecule has 0 aliphatic carbocycles. The Morgan fingerprint density at radius 1 is 1.38 bits per heavy atom. The van der Waals surface area contributed by atoms with E-state index in [-0.39, 0.29) is 12.5 Å². The first-order valence-corrected chi connectivity index (χ1v) is 7.10. The van der Waals surface area contributed by atoms with Crippen LogP contribution >= 0.6 is 11.6 Å². The van der Waals surface area contributed by atoms with E-state index in [0.717, 1.165) is 5.56 Å². The normalized spacial score (nSPS) is 11.5. The van der Waals surface area contributed by atoms with Crippen LogP contribution < -0.4 is 5.32 Å². The Labute approximate surface area is 129 Å². The van der Waals surface area contributed by atoms with Gasteiger partial charge in [-0.05, 0) is 51.1 Å². The zero-order valence-corrected chi connectivity index (χ0v) is 13.5. The molecule has 0 aromatic heterocycles. The topological polar surface area (TPSA) is 69.6 Å². The molecule has 21 heavy (non-hydrogen) atoms. The van der Waals surface area contributed by atoms with Crippen LogP contribution in [-0.2, 0) is 9.59 Å². The van der Waals surface area contributed by atoms with Gasteiger partial charge in [0, 0.05) is 10.7 Å². The molecule has 1 rings (SSSR count). The summed E-state index contributed by atoms with van der Waals surface area (Å²) < 4.78 is 0. The van der Waals surface area contributed by atoms with Crippen molar-refractivity contribution in [2.24, 2.45) is 0 Å². The lowest BCUT2D eigenvalue weighted by molar-refractivity contribution is -0.149. The minimum atomic E-state index is -1.10. The van der Waals surface area contributed by atoms with Crippen molar-refractivity contribution >= 4 is 29.2 Å². The number of anilines is 1. The Morgan fingerprint density at radius 2 is 2.00 bits per heavy atom. The SMILES string of the molecule is CCN(CC(=O)Nc1ccc(Cl)cc1C)C(C)(C)C(=O)O. The minimum Gasteiger partial charge on any atom is -0.480 e. The van der Waals surface area contributed by atoms with Crippen LogP contribution in [0.2, 0.25) is 5.02 Å². The van der Waals surface area contributed by atoms with Crippen molar-refractivity contribution in [1.82, 2.24) is 4.90 Å². The molecule has 6 heteroatoms. The number of rotatable bonds is 6. The van der Waals surface area contributed by atoms with Gasteiger partial charge in [0.15, 0.2) is 0 Å². The van der Waals surface area contributed by atoms with E-state index in [4.69, 9.17) is 11.6 Å². The lowest BCUT2D eigenvalue weighted by Crippen LogP contribution is -2.52. The van der Waals surface area contributed by atoms with Crippen LogP contribution in [0, 0.1) is 6.92 Å². The summed E-state index contributed by atoms with van der Waals surface area (Å²) in [6.07, 6.45) is 0. The molecule has 2 N–H and O–H groups in total. The summed E-state index contributed by atoms with van der Waals surface area (Å²) in [6, 6.07) is 5.19. The van der Waals surface area contributed by atoms with Crippen LogP contribution in [0.5, 0.6) is 0 Å². The predicted molar refractivity (Wildman–Crippen MR) is 83.8 cm³/mol. The Balaban J connectivity index is 2.78. The van der Waals surface area contributed by atoms with Gasteiger partial charge < -0.3 is 10.4 Å². The number of benzene rings is 1. The maximum absolute atomic E-state index is 12.1. The molecule has 0 heterocycles. The van der Waals surface area contributed by atoms with Gasteiger partial charge in [-0.1, -0.05) is 18.5 Å². The molecule has 0 atom stereocenters. The van der Waals surface area contributed by atoms with E-state index in [2.05, 4.69) is 5.32 Å². The van der Waals surface area contributed by atoms with Crippen molar-refractivity contribution in [3.63, 3.8) is 0 Å². The van der Waals surface area contributed by atoms with Gasteiger partial charge >= 0.3 is 5.97 Å². The molecule has 0 radical (unpaired) electrons. The van der Waals surface area contributed by atoms with Crippen molar-refractivity contribution < 1.29 is 14.7 Å². The highest BCUT2D eigenvalue weighted by Crippen LogP contribution is 2.20. The Kier molecular flexibility index (Phi) is 5.75. The molecule has 116 valence electrons. The predicted octanol–water partition coefficient (Wildman–Crippen LogP) is 2.77. The molecule has 1 aromatic carbocycles.